The predicted octanol–water partition coefficient (Wildman–Crippen LogP) is 5.01. The molecule has 0 radical (unpaired) electrons. The minimum atomic E-state index is -1.03. The molecule has 5 aromatic rings. The Morgan fingerprint density at radius 1 is 0.857 bits per heavy atom. The lowest BCUT2D eigenvalue weighted by Gasteiger charge is -2.17. The third-order valence-corrected chi connectivity index (χ3v) is 6.24. The molecule has 1 amide bonds. The summed E-state index contributed by atoms with van der Waals surface area (Å²) in [7, 11) is 1.22. The average Bonchev–Trinajstić information content (AvgIpc) is 2.87. The summed E-state index contributed by atoms with van der Waals surface area (Å²) < 4.78 is 10.3. The number of phenols is 2. The van der Waals surface area contributed by atoms with Crippen molar-refractivity contribution in [2.24, 2.45) is 0 Å². The molecule has 0 aliphatic heterocycles. The maximum atomic E-state index is 12.6. The molecule has 176 valence electrons. The number of hydrogen-bond acceptors (Lipinski definition) is 6. The van der Waals surface area contributed by atoms with Gasteiger partial charge in [-0.05, 0) is 55.6 Å². The van der Waals surface area contributed by atoms with Crippen molar-refractivity contribution >= 4 is 44.4 Å². The predicted molar refractivity (Wildman–Crippen MR) is 133 cm³/mol. The maximum absolute atomic E-state index is 12.6. The molecule has 3 N–H and O–H groups in total. The van der Waals surface area contributed by atoms with Gasteiger partial charge in [0.15, 0.2) is 11.5 Å². The van der Waals surface area contributed by atoms with Crippen LogP contribution in [0.5, 0.6) is 11.5 Å². The average molecular weight is 469 g/mol. The molecule has 0 spiro atoms. The van der Waals surface area contributed by atoms with Crippen molar-refractivity contribution in [2.45, 2.75) is 19.1 Å². The number of hydrogen-bond donors (Lipinski definition) is 3. The summed E-state index contributed by atoms with van der Waals surface area (Å²) in [5, 5.41) is 28.5. The summed E-state index contributed by atoms with van der Waals surface area (Å²) in [6, 6.07) is 21.6. The Morgan fingerprint density at radius 3 is 2.26 bits per heavy atom. The molecule has 5 rings (SSSR count). The van der Waals surface area contributed by atoms with Crippen molar-refractivity contribution in [3.63, 3.8) is 0 Å². The van der Waals surface area contributed by atoms with Crippen molar-refractivity contribution in [2.75, 3.05) is 7.11 Å². The summed E-state index contributed by atoms with van der Waals surface area (Å²) in [4.78, 5) is 24.8. The Morgan fingerprint density at radius 2 is 1.54 bits per heavy atom. The number of amides is 1. The number of esters is 1. The molecule has 0 fully saturated rings. The maximum Gasteiger partial charge on any atom is 0.408 e. The van der Waals surface area contributed by atoms with E-state index in [2.05, 4.69) is 35.6 Å². The first-order valence-electron chi connectivity index (χ1n) is 11.1. The van der Waals surface area contributed by atoms with E-state index in [1.165, 1.54) is 24.6 Å². The number of aromatic hydroxyl groups is 2. The first-order chi connectivity index (χ1) is 16.9. The smallest absolute Gasteiger partial charge is 0.408 e. The molecule has 0 saturated carbocycles. The number of methoxy groups -OCH3 is 1. The van der Waals surface area contributed by atoms with E-state index in [1.807, 2.05) is 24.3 Å². The highest BCUT2D eigenvalue weighted by Crippen LogP contribution is 2.36. The molecular formula is C28H23NO6. The van der Waals surface area contributed by atoms with E-state index in [0.29, 0.717) is 5.56 Å². The van der Waals surface area contributed by atoms with Crippen molar-refractivity contribution in [3.05, 3.63) is 83.9 Å². The largest absolute Gasteiger partial charge is 0.504 e. The lowest BCUT2D eigenvalue weighted by Crippen LogP contribution is -2.43. The van der Waals surface area contributed by atoms with Crippen LogP contribution in [0.25, 0.3) is 32.3 Å². The summed E-state index contributed by atoms with van der Waals surface area (Å²) in [6.45, 7) is 0.0217. The van der Waals surface area contributed by atoms with Gasteiger partial charge in [0.2, 0.25) is 0 Å². The van der Waals surface area contributed by atoms with Gasteiger partial charge in [-0.2, -0.15) is 0 Å². The second kappa shape index (κ2) is 9.02. The van der Waals surface area contributed by atoms with E-state index in [0.717, 1.165) is 32.5 Å². The van der Waals surface area contributed by atoms with Crippen molar-refractivity contribution in [3.8, 4) is 11.5 Å². The number of ether oxygens (including phenoxy) is 2. The van der Waals surface area contributed by atoms with E-state index in [-0.39, 0.29) is 24.5 Å². The van der Waals surface area contributed by atoms with Crippen LogP contribution in [0.15, 0.2) is 72.8 Å². The van der Waals surface area contributed by atoms with Gasteiger partial charge in [-0.1, -0.05) is 60.7 Å². The lowest BCUT2D eigenvalue weighted by atomic mass is 9.92. The van der Waals surface area contributed by atoms with Gasteiger partial charge in [0, 0.05) is 6.42 Å². The van der Waals surface area contributed by atoms with Gasteiger partial charge < -0.3 is 25.0 Å². The van der Waals surface area contributed by atoms with Gasteiger partial charge in [0.25, 0.3) is 0 Å². The Balaban J connectivity index is 1.35. The van der Waals surface area contributed by atoms with Crippen LogP contribution < -0.4 is 5.32 Å². The zero-order valence-corrected chi connectivity index (χ0v) is 18.9. The number of benzene rings is 5. The van der Waals surface area contributed by atoms with Crippen LogP contribution in [0.4, 0.5) is 4.79 Å². The highest BCUT2D eigenvalue weighted by Gasteiger charge is 2.23. The quantitative estimate of drug-likeness (QED) is 0.184. The molecule has 7 heteroatoms. The van der Waals surface area contributed by atoms with Crippen LogP contribution in [0, 0.1) is 0 Å². The fourth-order valence-corrected chi connectivity index (χ4v) is 4.52. The first kappa shape index (κ1) is 22.3. The molecule has 1 atom stereocenters. The van der Waals surface area contributed by atoms with Crippen LogP contribution in [0.2, 0.25) is 0 Å². The van der Waals surface area contributed by atoms with Crippen LogP contribution in [0.3, 0.4) is 0 Å². The fourth-order valence-electron chi connectivity index (χ4n) is 4.52. The summed E-state index contributed by atoms with van der Waals surface area (Å²) in [5.41, 5.74) is 1.38. The molecule has 1 unspecified atom stereocenters. The second-order valence-electron chi connectivity index (χ2n) is 8.40. The van der Waals surface area contributed by atoms with Crippen molar-refractivity contribution in [1.29, 1.82) is 0 Å². The molecule has 0 aliphatic rings. The normalized spacial score (nSPS) is 12.1. The topological polar surface area (TPSA) is 105 Å². The zero-order valence-electron chi connectivity index (χ0n) is 18.9. The van der Waals surface area contributed by atoms with Gasteiger partial charge in [-0.3, -0.25) is 0 Å². The minimum absolute atomic E-state index is 0.0217. The van der Waals surface area contributed by atoms with Gasteiger partial charge in [0.05, 0.1) is 7.11 Å². The molecule has 0 heterocycles. The van der Waals surface area contributed by atoms with Crippen molar-refractivity contribution < 1.29 is 29.3 Å². The molecule has 7 nitrogen and oxygen atoms in total. The van der Waals surface area contributed by atoms with Crippen LogP contribution in [-0.2, 0) is 27.3 Å². The highest BCUT2D eigenvalue weighted by molar-refractivity contribution is 6.23. The Labute approximate surface area is 200 Å². The molecular weight excluding hydrogens is 446 g/mol. The van der Waals surface area contributed by atoms with Crippen LogP contribution in [0.1, 0.15) is 11.1 Å². The van der Waals surface area contributed by atoms with Gasteiger partial charge in [-0.15, -0.1) is 0 Å². The van der Waals surface area contributed by atoms with E-state index in [1.54, 1.807) is 6.07 Å². The molecule has 5 aromatic carbocycles. The Bertz CT molecular complexity index is 1540. The SMILES string of the molecule is COC(=O)C(Cc1ccc(O)c(O)c1)NC(=O)OCc1ccc2ccc3cccc4ccc1c2c34. The fraction of sp³-hybridized carbons (Fsp3) is 0.143. The standard InChI is InChI=1S/C28H23NO6/c1-34-27(32)22(13-16-5-12-23(30)24(31)14-16)29-28(33)35-15-20-9-8-19-7-6-17-3-2-4-18-10-11-21(20)26(19)25(17)18/h2-12,14,22,30-31H,13,15H2,1H3,(H,29,33). The number of phenolic OH excluding ortho intramolecular Hbond substituents is 2. The number of alkyl carbamates (subject to hydrolysis) is 1. The monoisotopic (exact) mass is 469 g/mol. The second-order valence-corrected chi connectivity index (χ2v) is 8.40. The third-order valence-electron chi connectivity index (χ3n) is 6.24. The molecule has 0 aliphatic carbocycles. The van der Waals surface area contributed by atoms with Crippen molar-refractivity contribution in [1.82, 2.24) is 5.32 Å². The van der Waals surface area contributed by atoms with E-state index in [4.69, 9.17) is 9.47 Å². The number of rotatable bonds is 6. The van der Waals surface area contributed by atoms with Crippen LogP contribution >= 0.6 is 0 Å². The first-order valence-corrected chi connectivity index (χ1v) is 11.1. The van der Waals surface area contributed by atoms with Gasteiger partial charge >= 0.3 is 12.1 Å². The van der Waals surface area contributed by atoms with Gasteiger partial charge in [-0.25, -0.2) is 9.59 Å². The Kier molecular flexibility index (Phi) is 5.74. The highest BCUT2D eigenvalue weighted by atomic mass is 16.6. The van der Waals surface area contributed by atoms with Crippen LogP contribution in [-0.4, -0.2) is 35.4 Å². The molecule has 0 aromatic heterocycles. The zero-order chi connectivity index (χ0) is 24.5. The summed E-state index contributed by atoms with van der Waals surface area (Å²) in [5.74, 6) is -1.25. The molecule has 35 heavy (non-hydrogen) atoms. The summed E-state index contributed by atoms with van der Waals surface area (Å²) >= 11 is 0. The van der Waals surface area contributed by atoms with E-state index in [9.17, 15) is 19.8 Å². The third kappa shape index (κ3) is 4.24. The number of carbonyl (C=O) groups is 2. The van der Waals surface area contributed by atoms with Gasteiger partial charge in [0.1, 0.15) is 12.6 Å². The molecule has 0 bridgehead atoms. The van der Waals surface area contributed by atoms with E-state index >= 15 is 0 Å². The minimum Gasteiger partial charge on any atom is -0.504 e. The summed E-state index contributed by atoms with van der Waals surface area (Å²) in [6.07, 6.45) is -0.719. The number of nitrogens with one attached hydrogen (secondary N) is 1. The number of carbonyl (C=O) groups excluding carboxylic acids is 2. The lowest BCUT2D eigenvalue weighted by molar-refractivity contribution is -0.143. The van der Waals surface area contributed by atoms with E-state index < -0.39 is 18.1 Å². The Hall–Kier alpha value is -4.52. The molecule has 0 saturated heterocycles.